The summed E-state index contributed by atoms with van der Waals surface area (Å²) in [6.45, 7) is 9.38. The Morgan fingerprint density at radius 1 is 1.04 bits per heavy atom. The normalized spacial score (nSPS) is 11.5. The second kappa shape index (κ2) is 7.84. The topological polar surface area (TPSA) is 33.0 Å². The largest absolute Gasteiger partial charge is 0.494 e. The first-order chi connectivity index (χ1) is 11.4. The Labute approximate surface area is 145 Å². The zero-order chi connectivity index (χ0) is 17.6. The molecule has 0 saturated heterocycles. The van der Waals surface area contributed by atoms with Gasteiger partial charge in [0.2, 0.25) is 0 Å². The zero-order valence-electron chi connectivity index (χ0n) is 15.0. The van der Waals surface area contributed by atoms with Gasteiger partial charge in [-0.1, -0.05) is 64.1 Å². The zero-order valence-corrected chi connectivity index (χ0v) is 15.0. The summed E-state index contributed by atoms with van der Waals surface area (Å²) in [5.74, 6) is 0.804. The molecule has 0 unspecified atom stereocenters. The van der Waals surface area contributed by atoms with Crippen molar-refractivity contribution in [2.45, 2.75) is 39.5 Å². The van der Waals surface area contributed by atoms with Crippen LogP contribution in [0, 0.1) is 11.3 Å². The van der Waals surface area contributed by atoms with Gasteiger partial charge in [-0.05, 0) is 46.7 Å². The standard InChI is InChI=1S/C22H25NO/c1-5-14-24-21-13-10-19(16-23)18(15-21)9-6-17-7-11-20(12-8-17)22(2,3)4/h6-13,15H,5,14H2,1-4H3/b9-6+. The fourth-order valence-electron chi connectivity index (χ4n) is 2.37. The summed E-state index contributed by atoms with van der Waals surface area (Å²) in [5, 5.41) is 9.28. The van der Waals surface area contributed by atoms with Crippen molar-refractivity contribution in [3.8, 4) is 11.8 Å². The average Bonchev–Trinajstić information content (AvgIpc) is 2.57. The number of nitrogens with zero attached hydrogens (tertiary/aromatic N) is 1. The molecular formula is C22H25NO. The number of hydrogen-bond acceptors (Lipinski definition) is 2. The van der Waals surface area contributed by atoms with Crippen LogP contribution in [0.15, 0.2) is 42.5 Å². The Balaban J connectivity index is 2.22. The van der Waals surface area contributed by atoms with Gasteiger partial charge in [0.25, 0.3) is 0 Å². The molecule has 0 N–H and O–H groups in total. The van der Waals surface area contributed by atoms with Crippen LogP contribution in [0.25, 0.3) is 12.2 Å². The molecule has 0 spiro atoms. The van der Waals surface area contributed by atoms with Gasteiger partial charge in [-0.25, -0.2) is 0 Å². The summed E-state index contributed by atoms with van der Waals surface area (Å²) >= 11 is 0. The number of ether oxygens (including phenoxy) is 1. The average molecular weight is 319 g/mol. The highest BCUT2D eigenvalue weighted by Gasteiger charge is 2.12. The maximum absolute atomic E-state index is 9.28. The summed E-state index contributed by atoms with van der Waals surface area (Å²) in [4.78, 5) is 0. The van der Waals surface area contributed by atoms with Gasteiger partial charge in [-0.2, -0.15) is 5.26 Å². The molecule has 0 radical (unpaired) electrons. The second-order valence-corrected chi connectivity index (χ2v) is 6.91. The summed E-state index contributed by atoms with van der Waals surface area (Å²) in [6.07, 6.45) is 4.97. The third kappa shape index (κ3) is 4.73. The molecule has 0 aliphatic carbocycles. The summed E-state index contributed by atoms with van der Waals surface area (Å²) in [7, 11) is 0. The van der Waals surface area contributed by atoms with E-state index >= 15 is 0 Å². The molecule has 2 heteroatoms. The lowest BCUT2D eigenvalue weighted by atomic mass is 9.87. The highest BCUT2D eigenvalue weighted by atomic mass is 16.5. The van der Waals surface area contributed by atoms with Crippen LogP contribution in [-0.2, 0) is 5.41 Å². The van der Waals surface area contributed by atoms with Gasteiger partial charge in [-0.15, -0.1) is 0 Å². The fourth-order valence-corrected chi connectivity index (χ4v) is 2.37. The summed E-state index contributed by atoms with van der Waals surface area (Å²) in [6, 6.07) is 16.4. The summed E-state index contributed by atoms with van der Waals surface area (Å²) < 4.78 is 5.66. The van der Waals surface area contributed by atoms with E-state index in [1.165, 1.54) is 5.56 Å². The van der Waals surface area contributed by atoms with Crippen molar-refractivity contribution < 1.29 is 4.74 Å². The van der Waals surface area contributed by atoms with Gasteiger partial charge >= 0.3 is 0 Å². The Morgan fingerprint density at radius 3 is 2.33 bits per heavy atom. The van der Waals surface area contributed by atoms with Crippen molar-refractivity contribution >= 4 is 12.2 Å². The Morgan fingerprint density at radius 2 is 1.75 bits per heavy atom. The molecule has 0 aliphatic rings. The Kier molecular flexibility index (Phi) is 5.82. The van der Waals surface area contributed by atoms with Crippen LogP contribution in [0.1, 0.15) is 56.4 Å². The Hall–Kier alpha value is -2.53. The predicted molar refractivity (Wildman–Crippen MR) is 101 cm³/mol. The van der Waals surface area contributed by atoms with Crippen LogP contribution in [0.3, 0.4) is 0 Å². The van der Waals surface area contributed by atoms with Crippen molar-refractivity contribution in [1.29, 1.82) is 5.26 Å². The van der Waals surface area contributed by atoms with E-state index in [1.54, 1.807) is 0 Å². The van der Waals surface area contributed by atoms with E-state index in [9.17, 15) is 5.26 Å². The highest BCUT2D eigenvalue weighted by molar-refractivity contribution is 5.73. The van der Waals surface area contributed by atoms with E-state index in [0.29, 0.717) is 12.2 Å². The molecule has 0 atom stereocenters. The van der Waals surface area contributed by atoms with Crippen LogP contribution >= 0.6 is 0 Å². The van der Waals surface area contributed by atoms with E-state index in [0.717, 1.165) is 23.3 Å². The fraction of sp³-hybridized carbons (Fsp3) is 0.318. The van der Waals surface area contributed by atoms with Gasteiger partial charge < -0.3 is 4.74 Å². The van der Waals surface area contributed by atoms with E-state index in [2.05, 4.69) is 58.0 Å². The van der Waals surface area contributed by atoms with E-state index < -0.39 is 0 Å². The van der Waals surface area contributed by atoms with E-state index in [4.69, 9.17) is 4.74 Å². The van der Waals surface area contributed by atoms with Gasteiger partial charge in [0, 0.05) is 0 Å². The first-order valence-electron chi connectivity index (χ1n) is 8.39. The minimum Gasteiger partial charge on any atom is -0.494 e. The predicted octanol–water partition coefficient (Wildman–Crippen LogP) is 5.81. The molecule has 0 fully saturated rings. The first-order valence-corrected chi connectivity index (χ1v) is 8.39. The SMILES string of the molecule is CCCOc1ccc(C#N)c(/C=C/c2ccc(C(C)(C)C)cc2)c1. The van der Waals surface area contributed by atoms with Gasteiger partial charge in [0.15, 0.2) is 0 Å². The maximum atomic E-state index is 9.28. The molecule has 0 bridgehead atoms. The number of rotatable bonds is 5. The first kappa shape index (κ1) is 17.8. The molecule has 0 heterocycles. The molecule has 124 valence electrons. The van der Waals surface area contributed by atoms with Crippen LogP contribution in [0.4, 0.5) is 0 Å². The van der Waals surface area contributed by atoms with E-state index in [1.807, 2.05) is 30.4 Å². The Bertz CT molecular complexity index is 743. The van der Waals surface area contributed by atoms with Crippen LogP contribution < -0.4 is 4.74 Å². The third-order valence-corrected chi connectivity index (χ3v) is 3.85. The van der Waals surface area contributed by atoms with Gasteiger partial charge in [0.05, 0.1) is 18.2 Å². The second-order valence-electron chi connectivity index (χ2n) is 6.91. The molecule has 0 amide bonds. The van der Waals surface area contributed by atoms with Crippen molar-refractivity contribution in [1.82, 2.24) is 0 Å². The number of hydrogen-bond donors (Lipinski definition) is 0. The van der Waals surface area contributed by atoms with Crippen molar-refractivity contribution in [3.63, 3.8) is 0 Å². The lowest BCUT2D eigenvalue weighted by Gasteiger charge is -2.18. The summed E-state index contributed by atoms with van der Waals surface area (Å²) in [5.41, 5.74) is 4.12. The molecule has 0 saturated carbocycles. The molecule has 2 rings (SSSR count). The highest BCUT2D eigenvalue weighted by Crippen LogP contribution is 2.24. The minimum absolute atomic E-state index is 0.154. The van der Waals surface area contributed by atoms with E-state index in [-0.39, 0.29) is 5.41 Å². The van der Waals surface area contributed by atoms with Gasteiger partial charge in [-0.3, -0.25) is 0 Å². The minimum atomic E-state index is 0.154. The van der Waals surface area contributed by atoms with Crippen molar-refractivity contribution in [2.75, 3.05) is 6.61 Å². The van der Waals surface area contributed by atoms with Crippen molar-refractivity contribution in [3.05, 3.63) is 64.7 Å². The third-order valence-electron chi connectivity index (χ3n) is 3.85. The molecule has 24 heavy (non-hydrogen) atoms. The quantitative estimate of drug-likeness (QED) is 0.651. The van der Waals surface area contributed by atoms with Crippen LogP contribution in [0.5, 0.6) is 5.75 Å². The molecule has 2 aromatic carbocycles. The lowest BCUT2D eigenvalue weighted by molar-refractivity contribution is 0.317. The smallest absolute Gasteiger partial charge is 0.119 e. The molecule has 0 aliphatic heterocycles. The van der Waals surface area contributed by atoms with Crippen LogP contribution in [-0.4, -0.2) is 6.61 Å². The molecule has 2 nitrogen and oxygen atoms in total. The molecular weight excluding hydrogens is 294 g/mol. The number of nitriles is 1. The number of benzene rings is 2. The maximum Gasteiger partial charge on any atom is 0.119 e. The van der Waals surface area contributed by atoms with Crippen molar-refractivity contribution in [2.24, 2.45) is 0 Å². The lowest BCUT2D eigenvalue weighted by Crippen LogP contribution is -2.10. The van der Waals surface area contributed by atoms with Crippen LogP contribution in [0.2, 0.25) is 0 Å². The van der Waals surface area contributed by atoms with Gasteiger partial charge in [0.1, 0.15) is 5.75 Å². The monoisotopic (exact) mass is 319 g/mol. The molecule has 2 aromatic rings. The molecule has 0 aromatic heterocycles.